The molecule has 0 saturated carbocycles. The van der Waals surface area contributed by atoms with Crippen molar-refractivity contribution in [3.63, 3.8) is 0 Å². The topological polar surface area (TPSA) is 229 Å². The van der Waals surface area contributed by atoms with Gasteiger partial charge in [0.1, 0.15) is 34.7 Å². The van der Waals surface area contributed by atoms with Crippen LogP contribution >= 0.6 is 0 Å². The average molecular weight is 902 g/mol. The van der Waals surface area contributed by atoms with Gasteiger partial charge in [-0.05, 0) is 37.6 Å². The van der Waals surface area contributed by atoms with Crippen molar-refractivity contribution in [3.8, 4) is 17.2 Å². The Kier molecular flexibility index (Phi) is 14.9. The van der Waals surface area contributed by atoms with Gasteiger partial charge in [0, 0.05) is 68.5 Å². The van der Waals surface area contributed by atoms with Crippen LogP contribution in [0.15, 0.2) is 71.8 Å². The zero-order chi connectivity index (χ0) is 47.5. The van der Waals surface area contributed by atoms with Gasteiger partial charge in [-0.25, -0.2) is 4.79 Å². The number of carbonyl (C=O) groups is 5. The highest BCUT2D eigenvalue weighted by Crippen LogP contribution is 2.49. The molecular formula is C48H59N3O14. The lowest BCUT2D eigenvalue weighted by Gasteiger charge is -2.38. The number of methoxy groups -OCH3 is 2. The number of allylic oxidation sites excluding steroid dienone is 4. The molecule has 350 valence electrons. The first-order chi connectivity index (χ1) is 30.8. The quantitative estimate of drug-likeness (QED) is 0.266. The third-order valence-corrected chi connectivity index (χ3v) is 12.8. The molecule has 5 aliphatic rings. The van der Waals surface area contributed by atoms with E-state index in [0.29, 0.717) is 5.75 Å². The van der Waals surface area contributed by atoms with Crippen molar-refractivity contribution in [1.82, 2.24) is 15.5 Å². The molecule has 2 amide bonds. The summed E-state index contributed by atoms with van der Waals surface area (Å²) in [6.45, 7) is 12.0. The van der Waals surface area contributed by atoms with Gasteiger partial charge in [0.05, 0.1) is 61.6 Å². The number of morpholine rings is 1. The van der Waals surface area contributed by atoms with E-state index < -0.39 is 94.5 Å². The zero-order valence-corrected chi connectivity index (χ0v) is 38.1. The van der Waals surface area contributed by atoms with Gasteiger partial charge in [0.2, 0.25) is 11.6 Å². The molecule has 4 aliphatic heterocycles. The number of aliphatic hydroxyl groups excluding tert-OH is 2. The minimum absolute atomic E-state index is 0.0106. The van der Waals surface area contributed by atoms with E-state index in [9.17, 15) is 39.3 Å². The summed E-state index contributed by atoms with van der Waals surface area (Å²) in [5.74, 6) is -8.25. The Morgan fingerprint density at radius 3 is 2.23 bits per heavy atom. The molecule has 5 N–H and O–H groups in total. The normalized spacial score (nSPS) is 29.9. The van der Waals surface area contributed by atoms with Gasteiger partial charge in [-0.1, -0.05) is 58.1 Å². The number of phenolic OH excluding ortho intramolecular Hbond substituents is 1. The van der Waals surface area contributed by atoms with Crippen molar-refractivity contribution >= 4 is 29.4 Å². The summed E-state index contributed by atoms with van der Waals surface area (Å²) in [4.78, 5) is 72.6. The summed E-state index contributed by atoms with van der Waals surface area (Å²) >= 11 is 0. The predicted molar refractivity (Wildman–Crippen MR) is 235 cm³/mol. The third-order valence-electron chi connectivity index (χ3n) is 12.8. The Labute approximate surface area is 378 Å². The monoisotopic (exact) mass is 901 g/mol. The Bertz CT molecular complexity index is 2310. The van der Waals surface area contributed by atoms with Crippen molar-refractivity contribution in [1.29, 1.82) is 0 Å². The number of alkyl carbamates (subject to hydrolysis) is 1. The summed E-state index contributed by atoms with van der Waals surface area (Å²) < 4.78 is 34.8. The van der Waals surface area contributed by atoms with Gasteiger partial charge in [0.25, 0.3) is 11.7 Å². The molecule has 2 aromatic carbocycles. The van der Waals surface area contributed by atoms with Crippen LogP contribution in [0.1, 0.15) is 83.7 Å². The van der Waals surface area contributed by atoms with E-state index in [1.165, 1.54) is 46.3 Å². The highest BCUT2D eigenvalue weighted by Gasteiger charge is 2.53. The second-order valence-corrected chi connectivity index (χ2v) is 17.1. The van der Waals surface area contributed by atoms with E-state index in [1.807, 2.05) is 0 Å². The maximum absolute atomic E-state index is 14.8. The Balaban J connectivity index is 1.41. The molecule has 4 heterocycles. The van der Waals surface area contributed by atoms with E-state index >= 15 is 0 Å². The fourth-order valence-corrected chi connectivity index (χ4v) is 8.66. The van der Waals surface area contributed by atoms with Crippen LogP contribution in [0, 0.1) is 30.6 Å². The molecule has 0 unspecified atom stereocenters. The number of nitrogens with one attached hydrogen (secondary N) is 2. The molecule has 17 nitrogen and oxygen atoms in total. The molecule has 1 aliphatic carbocycles. The molecule has 9 atom stereocenters. The van der Waals surface area contributed by atoms with Gasteiger partial charge in [-0.15, -0.1) is 0 Å². The van der Waals surface area contributed by atoms with Crippen LogP contribution in [0.3, 0.4) is 0 Å². The number of phenols is 1. The smallest absolute Gasteiger partial charge is 0.407 e. The Morgan fingerprint density at radius 1 is 0.908 bits per heavy atom. The number of amides is 2. The van der Waals surface area contributed by atoms with Gasteiger partial charge in [0.15, 0.2) is 0 Å². The summed E-state index contributed by atoms with van der Waals surface area (Å²) in [7, 11) is 2.97. The van der Waals surface area contributed by atoms with E-state index in [2.05, 4.69) is 10.6 Å². The molecule has 7 rings (SSSR count). The van der Waals surface area contributed by atoms with Crippen molar-refractivity contribution in [2.45, 2.75) is 85.2 Å². The maximum atomic E-state index is 14.8. The van der Waals surface area contributed by atoms with Gasteiger partial charge < -0.3 is 59.3 Å². The second kappa shape index (κ2) is 20.0. The highest BCUT2D eigenvalue weighted by molar-refractivity contribution is 6.32. The van der Waals surface area contributed by atoms with E-state index in [0.717, 1.165) is 5.56 Å². The number of fused-ring (bicyclic) bond motifs is 14. The van der Waals surface area contributed by atoms with Crippen molar-refractivity contribution in [2.75, 3.05) is 40.5 Å². The summed E-state index contributed by atoms with van der Waals surface area (Å²) in [5.41, 5.74) is -0.777. The van der Waals surface area contributed by atoms with Gasteiger partial charge in [-0.2, -0.15) is 0 Å². The molecule has 1 saturated heterocycles. The van der Waals surface area contributed by atoms with Crippen LogP contribution in [-0.2, 0) is 30.3 Å². The Hall–Kier alpha value is -6.01. The minimum atomic E-state index is -2.11. The molecule has 65 heavy (non-hydrogen) atoms. The molecule has 0 spiro atoms. The van der Waals surface area contributed by atoms with Crippen LogP contribution in [0.2, 0.25) is 0 Å². The van der Waals surface area contributed by atoms with Crippen molar-refractivity contribution < 1.29 is 67.7 Å². The molecule has 0 aromatic heterocycles. The third kappa shape index (κ3) is 9.69. The standard InChI is InChI=1S/C48H59N3O14/c1-24-11-10-12-25(2)46(58)50-36-37(51-18-21-62-22-19-51)42(56)33-34(41(36)55)40(54)29(6)44-35(33)45(57)48(7,65-44)63-20-17-32(61-9)26(3)43(28(5)39(53)27(4)38(24)52)64-47(59)49-23-30-13-15-31(60-8)16-14-30/h10-17,20,24,26-28,32,38-39,43,52-54H,18-19,21-23H2,1-9H3,(H,49,59)(H,50,58)/b11-10-,20-17-,25-12?/t24-,26+,27+,28+,32-,38-,39+,43+,48-/m0/s1. The van der Waals surface area contributed by atoms with Crippen LogP contribution in [0.25, 0.3) is 0 Å². The van der Waals surface area contributed by atoms with E-state index in [-0.39, 0.29) is 72.3 Å². The number of hydrogen-bond donors (Lipinski definition) is 5. The number of hydrogen-bond acceptors (Lipinski definition) is 15. The molecule has 1 fully saturated rings. The lowest BCUT2D eigenvalue weighted by molar-refractivity contribution is -0.116. The number of Topliss-reactive ketones (excluding diaryl/α,β-unsaturated/α-hetero) is 3. The Morgan fingerprint density at radius 2 is 1.58 bits per heavy atom. The largest absolute Gasteiger partial charge is 0.507 e. The first kappa shape index (κ1) is 48.4. The fraction of sp³-hybridized carbons (Fsp3) is 0.479. The molecule has 0 radical (unpaired) electrons. The number of aromatic hydroxyl groups is 1. The maximum Gasteiger partial charge on any atom is 0.407 e. The molecule has 2 aromatic rings. The lowest BCUT2D eigenvalue weighted by atomic mass is 9.78. The number of rotatable bonds is 6. The van der Waals surface area contributed by atoms with E-state index in [1.54, 1.807) is 76.1 Å². The number of ether oxygens (including phenoxy) is 6. The summed E-state index contributed by atoms with van der Waals surface area (Å²) in [6.07, 6.45) is 2.32. The average Bonchev–Trinajstić information content (AvgIpc) is 3.57. The molecule has 17 heteroatoms. The first-order valence-electron chi connectivity index (χ1n) is 21.6. The minimum Gasteiger partial charge on any atom is -0.507 e. The molecular weight excluding hydrogens is 843 g/mol. The summed E-state index contributed by atoms with van der Waals surface area (Å²) in [6, 6.07) is 7.10. The first-order valence-corrected chi connectivity index (χ1v) is 21.6. The summed E-state index contributed by atoms with van der Waals surface area (Å²) in [5, 5.41) is 40.3. The van der Waals surface area contributed by atoms with E-state index in [4.69, 9.17) is 28.4 Å². The lowest BCUT2D eigenvalue weighted by Crippen LogP contribution is -2.47. The number of aliphatic hydroxyl groups is 2. The number of ketones is 3. The predicted octanol–water partition coefficient (Wildman–Crippen LogP) is 4.66. The van der Waals surface area contributed by atoms with Crippen LogP contribution in [-0.4, -0.2) is 120 Å². The SMILES string of the molecule is COc1ccc(CNC(=O)O[C@H]2[C@H](C)[C@H](O)[C@H](C)[C@@H](O)[C@@H](C)/C=C\C=C(C)C(=O)NC3=C(N4CCOCC4)C(=O)c4c(c(O)c(C)c5c4C(=O)[C@@](C)(O/C=C\[C@H](OC)[C@H]2C)O5)C3=O)cc1. The second-order valence-electron chi connectivity index (χ2n) is 17.1. The number of benzene rings is 2. The van der Waals surface area contributed by atoms with Crippen LogP contribution < -0.4 is 20.1 Å². The van der Waals surface area contributed by atoms with Crippen molar-refractivity contribution in [2.24, 2.45) is 23.7 Å². The molecule has 5 bridgehead atoms. The van der Waals surface area contributed by atoms with Gasteiger partial charge in [-0.3, -0.25) is 19.2 Å². The van der Waals surface area contributed by atoms with Crippen molar-refractivity contribution in [3.05, 3.63) is 99.6 Å². The van der Waals surface area contributed by atoms with Crippen LogP contribution in [0.5, 0.6) is 17.2 Å². The van der Waals surface area contributed by atoms with Gasteiger partial charge >= 0.3 is 11.9 Å². The number of carbonyl (C=O) groups excluding carboxylic acids is 5. The zero-order valence-electron chi connectivity index (χ0n) is 38.1. The van der Waals surface area contributed by atoms with Crippen LogP contribution in [0.4, 0.5) is 4.79 Å². The highest BCUT2D eigenvalue weighted by atomic mass is 16.7. The fourth-order valence-electron chi connectivity index (χ4n) is 8.66. The number of nitrogens with zero attached hydrogens (tertiary/aromatic N) is 1.